The lowest BCUT2D eigenvalue weighted by Crippen LogP contribution is -2.14. The van der Waals surface area contributed by atoms with Crippen LogP contribution >= 0.6 is 11.3 Å². The fraction of sp³-hybridized carbons (Fsp3) is 0.412. The molecule has 6 heteroatoms. The molecule has 2 aromatic rings. The Bertz CT molecular complexity index is 665. The second-order valence-electron chi connectivity index (χ2n) is 5.68. The fourth-order valence-electron chi connectivity index (χ4n) is 2.79. The Morgan fingerprint density at radius 2 is 2.35 bits per heavy atom. The van der Waals surface area contributed by atoms with Gasteiger partial charge in [0.25, 0.3) is 0 Å². The van der Waals surface area contributed by atoms with Crippen LogP contribution < -0.4 is 15.4 Å². The molecule has 0 bridgehead atoms. The number of carbonyl (C=O) groups excluding carboxylic acids is 1. The highest BCUT2D eigenvalue weighted by atomic mass is 32.1. The van der Waals surface area contributed by atoms with Crippen LogP contribution in [0.15, 0.2) is 29.6 Å². The quantitative estimate of drug-likeness (QED) is 0.853. The van der Waals surface area contributed by atoms with E-state index in [9.17, 15) is 4.79 Å². The van der Waals surface area contributed by atoms with Crippen molar-refractivity contribution >= 4 is 22.4 Å². The summed E-state index contributed by atoms with van der Waals surface area (Å²) < 4.78 is 5.36. The molecule has 1 unspecified atom stereocenters. The topological polar surface area (TPSA) is 63.2 Å². The van der Waals surface area contributed by atoms with E-state index in [1.165, 1.54) is 17.8 Å². The molecule has 23 heavy (non-hydrogen) atoms. The fourth-order valence-corrected chi connectivity index (χ4v) is 3.52. The normalized spacial score (nSPS) is 17.2. The van der Waals surface area contributed by atoms with E-state index in [1.54, 1.807) is 7.11 Å². The Morgan fingerprint density at radius 1 is 1.48 bits per heavy atom. The van der Waals surface area contributed by atoms with Crippen LogP contribution in [0.25, 0.3) is 11.3 Å². The number of rotatable bonds is 6. The minimum atomic E-state index is 0.0397. The highest BCUT2D eigenvalue weighted by molar-refractivity contribution is 7.14. The second-order valence-corrected chi connectivity index (χ2v) is 6.54. The van der Waals surface area contributed by atoms with Crippen molar-refractivity contribution < 1.29 is 9.53 Å². The van der Waals surface area contributed by atoms with E-state index < -0.39 is 0 Å². The van der Waals surface area contributed by atoms with Gasteiger partial charge < -0.3 is 15.4 Å². The van der Waals surface area contributed by atoms with Crippen molar-refractivity contribution in [3.05, 3.63) is 29.6 Å². The van der Waals surface area contributed by atoms with Gasteiger partial charge in [-0.25, -0.2) is 4.98 Å². The number of carbonyl (C=O) groups is 1. The van der Waals surface area contributed by atoms with E-state index in [1.807, 2.05) is 29.6 Å². The molecule has 2 N–H and O–H groups in total. The molecular weight excluding hydrogens is 310 g/mol. The average Bonchev–Trinajstić information content (AvgIpc) is 3.24. The number of aromatic nitrogens is 1. The van der Waals surface area contributed by atoms with Crippen LogP contribution in [-0.4, -0.2) is 31.1 Å². The standard InChI is InChI=1S/C17H21N3O2S/c1-22-15-5-3-2-4-13(15)14-11-23-17(19-14)20-16(21)7-6-12-8-9-18-10-12/h2-5,11-12,18H,6-10H2,1H3,(H,19,20,21). The third kappa shape index (κ3) is 4.09. The first-order chi connectivity index (χ1) is 11.3. The summed E-state index contributed by atoms with van der Waals surface area (Å²) >= 11 is 1.44. The molecule has 0 spiro atoms. The number of anilines is 1. The van der Waals surface area contributed by atoms with Gasteiger partial charge in [-0.1, -0.05) is 12.1 Å². The van der Waals surface area contributed by atoms with Crippen molar-refractivity contribution in [2.45, 2.75) is 19.3 Å². The first-order valence-electron chi connectivity index (χ1n) is 7.85. The number of thiazole rings is 1. The predicted molar refractivity (Wildman–Crippen MR) is 92.9 cm³/mol. The molecule has 1 aromatic carbocycles. The summed E-state index contributed by atoms with van der Waals surface area (Å²) in [6.07, 6.45) is 2.65. The maximum atomic E-state index is 12.0. The maximum absolute atomic E-state index is 12.0. The summed E-state index contributed by atoms with van der Waals surface area (Å²) in [7, 11) is 1.64. The first-order valence-corrected chi connectivity index (χ1v) is 8.73. The van der Waals surface area contributed by atoms with Gasteiger partial charge in [-0.3, -0.25) is 4.79 Å². The molecule has 0 aliphatic carbocycles. The predicted octanol–water partition coefficient (Wildman–Crippen LogP) is 3.15. The van der Waals surface area contributed by atoms with Gasteiger partial charge in [0.15, 0.2) is 5.13 Å². The molecule has 1 amide bonds. The molecule has 122 valence electrons. The molecule has 1 aromatic heterocycles. The highest BCUT2D eigenvalue weighted by Crippen LogP contribution is 2.31. The van der Waals surface area contributed by atoms with Gasteiger partial charge in [0.05, 0.1) is 12.8 Å². The molecular formula is C17H21N3O2S. The summed E-state index contributed by atoms with van der Waals surface area (Å²) in [6, 6.07) is 7.75. The lowest BCUT2D eigenvalue weighted by Gasteiger charge is -2.07. The summed E-state index contributed by atoms with van der Waals surface area (Å²) in [6.45, 7) is 2.10. The van der Waals surface area contributed by atoms with Gasteiger partial charge in [-0.15, -0.1) is 11.3 Å². The van der Waals surface area contributed by atoms with Crippen molar-refractivity contribution in [2.24, 2.45) is 5.92 Å². The van der Waals surface area contributed by atoms with Crippen LogP contribution in [0.5, 0.6) is 5.75 Å². The Morgan fingerprint density at radius 3 is 3.13 bits per heavy atom. The zero-order chi connectivity index (χ0) is 16.1. The molecule has 1 atom stereocenters. The van der Waals surface area contributed by atoms with Crippen molar-refractivity contribution in [1.82, 2.24) is 10.3 Å². The third-order valence-corrected chi connectivity index (χ3v) is 4.83. The summed E-state index contributed by atoms with van der Waals surface area (Å²) in [5.41, 5.74) is 1.76. The minimum absolute atomic E-state index is 0.0397. The number of nitrogens with one attached hydrogen (secondary N) is 2. The number of amides is 1. The Labute approximate surface area is 140 Å². The number of ether oxygens (including phenoxy) is 1. The van der Waals surface area contributed by atoms with Gasteiger partial charge in [-0.05, 0) is 44.0 Å². The van der Waals surface area contributed by atoms with E-state index in [0.717, 1.165) is 36.5 Å². The second kappa shape index (κ2) is 7.57. The molecule has 1 aliphatic heterocycles. The number of hydrogen-bond donors (Lipinski definition) is 2. The Balaban J connectivity index is 1.59. The molecule has 2 heterocycles. The zero-order valence-corrected chi connectivity index (χ0v) is 14.0. The van der Waals surface area contributed by atoms with E-state index in [2.05, 4.69) is 15.6 Å². The summed E-state index contributed by atoms with van der Waals surface area (Å²) in [4.78, 5) is 16.6. The molecule has 1 aliphatic rings. The molecule has 1 saturated heterocycles. The lowest BCUT2D eigenvalue weighted by atomic mass is 10.0. The first kappa shape index (κ1) is 16.0. The van der Waals surface area contributed by atoms with Gasteiger partial charge in [0.2, 0.25) is 5.91 Å². The largest absolute Gasteiger partial charge is 0.496 e. The maximum Gasteiger partial charge on any atom is 0.226 e. The van der Waals surface area contributed by atoms with Crippen LogP contribution in [0.4, 0.5) is 5.13 Å². The van der Waals surface area contributed by atoms with Crippen LogP contribution in [0.2, 0.25) is 0 Å². The van der Waals surface area contributed by atoms with Crippen molar-refractivity contribution in [3.8, 4) is 17.0 Å². The van der Waals surface area contributed by atoms with Gasteiger partial charge >= 0.3 is 0 Å². The molecule has 0 saturated carbocycles. The average molecular weight is 331 g/mol. The van der Waals surface area contributed by atoms with E-state index in [4.69, 9.17) is 4.74 Å². The number of hydrogen-bond acceptors (Lipinski definition) is 5. The number of para-hydroxylation sites is 1. The van der Waals surface area contributed by atoms with E-state index >= 15 is 0 Å². The van der Waals surface area contributed by atoms with Gasteiger partial charge in [-0.2, -0.15) is 0 Å². The Kier molecular flexibility index (Phi) is 5.25. The zero-order valence-electron chi connectivity index (χ0n) is 13.2. The smallest absolute Gasteiger partial charge is 0.226 e. The third-order valence-electron chi connectivity index (χ3n) is 4.08. The summed E-state index contributed by atoms with van der Waals surface area (Å²) in [5.74, 6) is 1.45. The molecule has 0 radical (unpaired) electrons. The lowest BCUT2D eigenvalue weighted by molar-refractivity contribution is -0.116. The number of methoxy groups -OCH3 is 1. The Hall–Kier alpha value is -1.92. The SMILES string of the molecule is COc1ccccc1-c1csc(NC(=O)CCC2CCNC2)n1. The van der Waals surface area contributed by atoms with Gasteiger partial charge in [0.1, 0.15) is 5.75 Å². The molecule has 5 nitrogen and oxygen atoms in total. The van der Waals surface area contributed by atoms with E-state index in [-0.39, 0.29) is 5.91 Å². The van der Waals surface area contributed by atoms with Crippen molar-refractivity contribution in [1.29, 1.82) is 0 Å². The van der Waals surface area contributed by atoms with Crippen LogP contribution in [0.1, 0.15) is 19.3 Å². The van der Waals surface area contributed by atoms with Gasteiger partial charge in [0, 0.05) is 17.4 Å². The molecule has 3 rings (SSSR count). The van der Waals surface area contributed by atoms with Crippen LogP contribution in [0.3, 0.4) is 0 Å². The number of benzene rings is 1. The van der Waals surface area contributed by atoms with Crippen molar-refractivity contribution in [2.75, 3.05) is 25.5 Å². The van der Waals surface area contributed by atoms with Crippen LogP contribution in [0, 0.1) is 5.92 Å². The molecule has 1 fully saturated rings. The van der Waals surface area contributed by atoms with Crippen molar-refractivity contribution in [3.63, 3.8) is 0 Å². The number of nitrogens with zero attached hydrogens (tertiary/aromatic N) is 1. The van der Waals surface area contributed by atoms with Crippen LogP contribution in [-0.2, 0) is 4.79 Å². The minimum Gasteiger partial charge on any atom is -0.496 e. The summed E-state index contributed by atoms with van der Waals surface area (Å²) in [5, 5.41) is 8.80. The monoisotopic (exact) mass is 331 g/mol. The highest BCUT2D eigenvalue weighted by Gasteiger charge is 2.16. The van der Waals surface area contributed by atoms with E-state index in [0.29, 0.717) is 17.5 Å².